The monoisotopic (exact) mass is 287 g/mol. The van der Waals surface area contributed by atoms with Gasteiger partial charge in [0.05, 0.1) is 12.9 Å². The summed E-state index contributed by atoms with van der Waals surface area (Å²) in [4.78, 5) is 0. The number of aliphatic hydroxyl groups is 1. The van der Waals surface area contributed by atoms with Crippen LogP contribution in [0.4, 0.5) is 13.2 Å². The number of hydrogen-bond donors (Lipinski definition) is 2. The molecule has 6 heteroatoms. The van der Waals surface area contributed by atoms with Crippen LogP contribution in [0.15, 0.2) is 34.9 Å². The van der Waals surface area contributed by atoms with Crippen LogP contribution in [0, 0.1) is 0 Å². The second-order valence-corrected chi connectivity index (χ2v) is 4.90. The highest BCUT2D eigenvalue weighted by atomic mass is 19.4. The third-order valence-electron chi connectivity index (χ3n) is 3.87. The molecule has 2 unspecified atom stereocenters. The van der Waals surface area contributed by atoms with Crippen molar-refractivity contribution in [2.24, 2.45) is 0 Å². The molecule has 20 heavy (non-hydrogen) atoms. The largest absolute Gasteiger partial charge is 0.464 e. The van der Waals surface area contributed by atoms with Gasteiger partial charge in [0.25, 0.3) is 0 Å². The van der Waals surface area contributed by atoms with E-state index in [9.17, 15) is 18.3 Å². The molecule has 0 fully saturated rings. The van der Waals surface area contributed by atoms with Crippen LogP contribution >= 0.6 is 0 Å². The van der Waals surface area contributed by atoms with Crippen molar-refractivity contribution in [1.29, 1.82) is 0 Å². The first kappa shape index (κ1) is 14.9. The van der Waals surface area contributed by atoms with Crippen LogP contribution in [0.5, 0.6) is 0 Å². The number of nitrogens with one attached hydrogen (secondary N) is 1. The quantitative estimate of drug-likeness (QED) is 0.909. The predicted molar refractivity (Wildman–Crippen MR) is 69.6 cm³/mol. The third kappa shape index (κ3) is 2.19. The van der Waals surface area contributed by atoms with Gasteiger partial charge in [-0.3, -0.25) is 0 Å². The van der Waals surface area contributed by atoms with E-state index in [0.717, 1.165) is 6.92 Å². The van der Waals surface area contributed by atoms with E-state index in [4.69, 9.17) is 4.42 Å². The van der Waals surface area contributed by atoms with Crippen molar-refractivity contribution >= 4 is 11.0 Å². The smallest absolute Gasteiger partial charge is 0.399 e. The molecule has 2 N–H and O–H groups in total. The average molecular weight is 287 g/mol. The fourth-order valence-corrected chi connectivity index (χ4v) is 2.41. The minimum Gasteiger partial charge on any atom is -0.464 e. The van der Waals surface area contributed by atoms with Crippen LogP contribution in [0.1, 0.15) is 12.5 Å². The van der Waals surface area contributed by atoms with Gasteiger partial charge in [0.15, 0.2) is 0 Å². The summed E-state index contributed by atoms with van der Waals surface area (Å²) in [6.07, 6.45) is -3.07. The molecule has 0 amide bonds. The summed E-state index contributed by atoms with van der Waals surface area (Å²) in [6.45, 7) is 0.474. The van der Waals surface area contributed by atoms with E-state index >= 15 is 0 Å². The maximum atomic E-state index is 13.6. The first-order valence-corrected chi connectivity index (χ1v) is 6.17. The van der Waals surface area contributed by atoms with E-state index < -0.39 is 24.2 Å². The van der Waals surface area contributed by atoms with E-state index in [1.807, 2.05) is 0 Å². The second-order valence-electron chi connectivity index (χ2n) is 4.90. The molecule has 0 aliphatic heterocycles. The van der Waals surface area contributed by atoms with Crippen molar-refractivity contribution in [3.05, 3.63) is 36.1 Å². The van der Waals surface area contributed by atoms with Crippen molar-refractivity contribution in [3.63, 3.8) is 0 Å². The van der Waals surface area contributed by atoms with Crippen LogP contribution in [0.2, 0.25) is 0 Å². The summed E-state index contributed by atoms with van der Waals surface area (Å²) >= 11 is 0. The number of aliphatic hydroxyl groups excluding tert-OH is 1. The highest BCUT2D eigenvalue weighted by Crippen LogP contribution is 2.44. The zero-order valence-electron chi connectivity index (χ0n) is 11.2. The molecule has 1 aromatic heterocycles. The molecule has 3 nitrogen and oxygen atoms in total. The van der Waals surface area contributed by atoms with E-state index in [1.165, 1.54) is 31.5 Å². The van der Waals surface area contributed by atoms with Crippen molar-refractivity contribution in [3.8, 4) is 0 Å². The minimum absolute atomic E-state index is 0.0901. The summed E-state index contributed by atoms with van der Waals surface area (Å²) in [7, 11) is 1.40. The summed E-state index contributed by atoms with van der Waals surface area (Å²) < 4.78 is 45.8. The molecule has 2 rings (SSSR count). The maximum absolute atomic E-state index is 13.6. The van der Waals surface area contributed by atoms with E-state index in [1.54, 1.807) is 6.07 Å². The van der Waals surface area contributed by atoms with Gasteiger partial charge < -0.3 is 14.8 Å². The molecular weight excluding hydrogens is 271 g/mol. The molecule has 2 atom stereocenters. The van der Waals surface area contributed by atoms with E-state index in [0.29, 0.717) is 11.0 Å². The zero-order valence-corrected chi connectivity index (χ0v) is 11.2. The third-order valence-corrected chi connectivity index (χ3v) is 3.87. The molecule has 0 aliphatic carbocycles. The number of rotatable bonds is 4. The molecule has 1 heterocycles. The normalized spacial score (nSPS) is 17.1. The average Bonchev–Trinajstić information content (AvgIpc) is 2.85. The summed E-state index contributed by atoms with van der Waals surface area (Å²) in [5.41, 5.74) is -1.57. The Balaban J connectivity index is 2.61. The Bertz CT molecular complexity index is 589. The molecule has 0 aliphatic rings. The van der Waals surface area contributed by atoms with Crippen LogP contribution in [-0.4, -0.2) is 31.0 Å². The van der Waals surface area contributed by atoms with Gasteiger partial charge in [-0.05, 0) is 37.7 Å². The van der Waals surface area contributed by atoms with Gasteiger partial charge in [-0.1, -0.05) is 6.07 Å². The van der Waals surface area contributed by atoms with Crippen LogP contribution in [-0.2, 0) is 5.41 Å². The van der Waals surface area contributed by atoms with Crippen molar-refractivity contribution in [2.45, 2.75) is 24.6 Å². The minimum atomic E-state index is -4.50. The second kappa shape index (κ2) is 5.10. The molecule has 2 aromatic rings. The van der Waals surface area contributed by atoms with Crippen molar-refractivity contribution < 1.29 is 22.7 Å². The standard InChI is InChI=1S/C14H16F3NO2/c1-13(14(15,16)17,12(8-19)18-2)10-3-4-11-9(7-10)5-6-20-11/h3-7,12,18-19H,8H2,1-2H3. The lowest BCUT2D eigenvalue weighted by Gasteiger charge is -2.38. The number of fused-ring (bicyclic) bond motifs is 1. The highest BCUT2D eigenvalue weighted by Gasteiger charge is 2.56. The Labute approximate surface area is 114 Å². The molecule has 0 saturated carbocycles. The molecule has 0 saturated heterocycles. The van der Waals surface area contributed by atoms with Gasteiger partial charge in [0.2, 0.25) is 0 Å². The number of alkyl halides is 3. The Morgan fingerprint density at radius 2 is 2.00 bits per heavy atom. The van der Waals surface area contributed by atoms with Gasteiger partial charge in [0, 0.05) is 11.4 Å². The number of furan rings is 1. The number of hydrogen-bond acceptors (Lipinski definition) is 3. The zero-order chi connectivity index (χ0) is 15.0. The molecule has 110 valence electrons. The molecule has 0 bridgehead atoms. The molecule has 0 spiro atoms. The lowest BCUT2D eigenvalue weighted by Crippen LogP contribution is -2.56. The van der Waals surface area contributed by atoms with Crippen LogP contribution in [0.25, 0.3) is 11.0 Å². The fourth-order valence-electron chi connectivity index (χ4n) is 2.41. The first-order valence-electron chi connectivity index (χ1n) is 6.17. The Morgan fingerprint density at radius 1 is 1.30 bits per heavy atom. The Morgan fingerprint density at radius 3 is 2.55 bits per heavy atom. The topological polar surface area (TPSA) is 45.4 Å². The van der Waals surface area contributed by atoms with Gasteiger partial charge in [-0.25, -0.2) is 0 Å². The number of halogens is 3. The fraction of sp³-hybridized carbons (Fsp3) is 0.429. The Kier molecular flexibility index (Phi) is 3.80. The van der Waals surface area contributed by atoms with Crippen molar-refractivity contribution in [1.82, 2.24) is 5.32 Å². The maximum Gasteiger partial charge on any atom is 0.399 e. The lowest BCUT2D eigenvalue weighted by molar-refractivity contribution is -0.196. The van der Waals surface area contributed by atoms with Gasteiger partial charge in [0.1, 0.15) is 11.0 Å². The van der Waals surface area contributed by atoms with Gasteiger partial charge in [-0.2, -0.15) is 13.2 Å². The molecular formula is C14H16F3NO2. The lowest BCUT2D eigenvalue weighted by atomic mass is 9.75. The first-order chi connectivity index (χ1) is 9.34. The SMILES string of the molecule is CNC(CO)C(C)(c1ccc2occc2c1)C(F)(F)F. The number of likely N-dealkylation sites (N-methyl/N-ethyl adjacent to an activating group) is 1. The van der Waals surface area contributed by atoms with E-state index in [-0.39, 0.29) is 5.56 Å². The number of benzene rings is 1. The van der Waals surface area contributed by atoms with Crippen LogP contribution in [0.3, 0.4) is 0 Å². The summed E-state index contributed by atoms with van der Waals surface area (Å²) in [6, 6.07) is 4.83. The van der Waals surface area contributed by atoms with Crippen molar-refractivity contribution in [2.75, 3.05) is 13.7 Å². The predicted octanol–water partition coefficient (Wildman–Crippen LogP) is 2.83. The van der Waals surface area contributed by atoms with E-state index in [2.05, 4.69) is 5.32 Å². The summed E-state index contributed by atoms with van der Waals surface area (Å²) in [5.74, 6) is 0. The van der Waals surface area contributed by atoms with Gasteiger partial charge >= 0.3 is 6.18 Å². The van der Waals surface area contributed by atoms with Gasteiger partial charge in [-0.15, -0.1) is 0 Å². The summed E-state index contributed by atoms with van der Waals surface area (Å²) in [5, 5.41) is 12.4. The molecule has 1 aromatic carbocycles. The highest BCUT2D eigenvalue weighted by molar-refractivity contribution is 5.78. The Hall–Kier alpha value is -1.53. The van der Waals surface area contributed by atoms with Crippen LogP contribution < -0.4 is 5.32 Å². The molecule has 0 radical (unpaired) electrons.